The molecule has 0 spiro atoms. The molecule has 1 atom stereocenters. The van der Waals surface area contributed by atoms with Crippen LogP contribution < -0.4 is 0 Å². The van der Waals surface area contributed by atoms with Crippen LogP contribution in [0.2, 0.25) is 0 Å². The van der Waals surface area contributed by atoms with Crippen LogP contribution in [0.15, 0.2) is 30.6 Å². The minimum atomic E-state index is 0.753. The second-order valence-corrected chi connectivity index (χ2v) is 4.27. The zero-order chi connectivity index (χ0) is 10.7. The van der Waals surface area contributed by atoms with E-state index in [1.165, 1.54) is 18.5 Å². The van der Waals surface area contributed by atoms with Gasteiger partial charge in [-0.3, -0.25) is 0 Å². The second kappa shape index (κ2) is 4.47. The summed E-state index contributed by atoms with van der Waals surface area (Å²) in [7, 11) is 0. The third kappa shape index (κ3) is 2.20. The van der Waals surface area contributed by atoms with E-state index in [9.17, 15) is 0 Å². The number of pyridine rings is 1. The number of nitrogens with zero attached hydrogens (tertiary/aromatic N) is 2. The van der Waals surface area contributed by atoms with Gasteiger partial charge in [-0.1, -0.05) is 32.8 Å². The highest BCUT2D eigenvalue weighted by atomic mass is 15.0. The molecule has 0 saturated heterocycles. The Balaban J connectivity index is 2.23. The van der Waals surface area contributed by atoms with Gasteiger partial charge in [0.2, 0.25) is 0 Å². The van der Waals surface area contributed by atoms with Crippen molar-refractivity contribution in [2.45, 2.75) is 33.1 Å². The minimum absolute atomic E-state index is 0.753. The van der Waals surface area contributed by atoms with E-state index in [1.807, 2.05) is 18.5 Å². The van der Waals surface area contributed by atoms with Crippen LogP contribution >= 0.6 is 0 Å². The maximum absolute atomic E-state index is 4.30. The van der Waals surface area contributed by atoms with E-state index in [0.717, 1.165) is 18.0 Å². The molecule has 0 aliphatic carbocycles. The number of rotatable bonds is 4. The lowest BCUT2D eigenvalue weighted by Gasteiger charge is -2.11. The second-order valence-electron chi connectivity index (χ2n) is 4.27. The maximum atomic E-state index is 4.30. The number of aromatic nitrogens is 2. The van der Waals surface area contributed by atoms with E-state index in [0.29, 0.717) is 0 Å². The summed E-state index contributed by atoms with van der Waals surface area (Å²) in [6.07, 6.45) is 7.61. The van der Waals surface area contributed by atoms with Crippen LogP contribution in [0.1, 0.15) is 32.4 Å². The molecule has 1 unspecified atom stereocenters. The van der Waals surface area contributed by atoms with Crippen molar-refractivity contribution in [3.8, 4) is 0 Å². The molecule has 0 amide bonds. The zero-order valence-electron chi connectivity index (χ0n) is 9.48. The summed E-state index contributed by atoms with van der Waals surface area (Å²) in [5.41, 5.74) is 2.42. The van der Waals surface area contributed by atoms with Gasteiger partial charge in [-0.05, 0) is 24.5 Å². The molecule has 15 heavy (non-hydrogen) atoms. The van der Waals surface area contributed by atoms with E-state index >= 15 is 0 Å². The average molecular weight is 202 g/mol. The van der Waals surface area contributed by atoms with E-state index in [1.54, 1.807) is 0 Å². The number of imidazole rings is 1. The Bertz CT molecular complexity index is 431. The van der Waals surface area contributed by atoms with E-state index in [2.05, 4.69) is 35.4 Å². The van der Waals surface area contributed by atoms with Gasteiger partial charge in [-0.2, -0.15) is 0 Å². The lowest BCUT2D eigenvalue weighted by Crippen LogP contribution is -2.03. The van der Waals surface area contributed by atoms with Gasteiger partial charge in [-0.15, -0.1) is 0 Å². The zero-order valence-corrected chi connectivity index (χ0v) is 9.48. The molecule has 0 radical (unpaired) electrons. The molecule has 0 aromatic carbocycles. The smallest absolute Gasteiger partial charge is 0.136 e. The molecule has 2 rings (SSSR count). The molecule has 2 aromatic heterocycles. The topological polar surface area (TPSA) is 17.3 Å². The Morgan fingerprint density at radius 1 is 1.40 bits per heavy atom. The van der Waals surface area contributed by atoms with Crippen molar-refractivity contribution >= 4 is 5.65 Å². The predicted molar refractivity (Wildman–Crippen MR) is 63.0 cm³/mol. The van der Waals surface area contributed by atoms with Crippen molar-refractivity contribution in [2.24, 2.45) is 5.92 Å². The van der Waals surface area contributed by atoms with Gasteiger partial charge >= 0.3 is 0 Å². The van der Waals surface area contributed by atoms with Crippen molar-refractivity contribution in [3.05, 3.63) is 36.3 Å². The van der Waals surface area contributed by atoms with Crippen molar-refractivity contribution in [3.63, 3.8) is 0 Å². The highest BCUT2D eigenvalue weighted by Crippen LogP contribution is 2.14. The predicted octanol–water partition coefficient (Wildman–Crippen LogP) is 3.31. The molecule has 2 heterocycles. The third-order valence-corrected chi connectivity index (χ3v) is 2.85. The number of hydrogen-bond donors (Lipinski definition) is 0. The Hall–Kier alpha value is -1.31. The Morgan fingerprint density at radius 3 is 3.07 bits per heavy atom. The fraction of sp³-hybridized carbons (Fsp3) is 0.462. The molecule has 0 aliphatic heterocycles. The summed E-state index contributed by atoms with van der Waals surface area (Å²) in [6, 6.07) is 6.34. The normalized spacial score (nSPS) is 13.2. The molecule has 2 aromatic rings. The van der Waals surface area contributed by atoms with Crippen LogP contribution in [-0.2, 0) is 6.42 Å². The van der Waals surface area contributed by atoms with Gasteiger partial charge < -0.3 is 4.40 Å². The Kier molecular flexibility index (Phi) is 3.05. The SMILES string of the molecule is CCCC(C)Cc1cccc2nccn12. The van der Waals surface area contributed by atoms with Gasteiger partial charge in [0.25, 0.3) is 0 Å². The molecule has 0 bridgehead atoms. The Morgan fingerprint density at radius 2 is 2.27 bits per heavy atom. The first-order chi connectivity index (χ1) is 7.31. The van der Waals surface area contributed by atoms with Crippen molar-refractivity contribution in [1.29, 1.82) is 0 Å². The number of fused-ring (bicyclic) bond motifs is 1. The van der Waals surface area contributed by atoms with Gasteiger partial charge in [0.15, 0.2) is 0 Å². The summed E-state index contributed by atoms with van der Waals surface area (Å²) in [4.78, 5) is 4.30. The third-order valence-electron chi connectivity index (χ3n) is 2.85. The van der Waals surface area contributed by atoms with Crippen LogP contribution in [0, 0.1) is 5.92 Å². The molecule has 0 aliphatic rings. The van der Waals surface area contributed by atoms with Crippen molar-refractivity contribution in [1.82, 2.24) is 9.38 Å². The summed E-state index contributed by atoms with van der Waals surface area (Å²) in [5, 5.41) is 0. The lowest BCUT2D eigenvalue weighted by molar-refractivity contribution is 0.514. The van der Waals surface area contributed by atoms with Gasteiger partial charge in [0.1, 0.15) is 5.65 Å². The van der Waals surface area contributed by atoms with Crippen LogP contribution in [-0.4, -0.2) is 9.38 Å². The van der Waals surface area contributed by atoms with Crippen LogP contribution in [0.25, 0.3) is 5.65 Å². The first-order valence-electron chi connectivity index (χ1n) is 5.72. The van der Waals surface area contributed by atoms with E-state index in [-0.39, 0.29) is 0 Å². The van der Waals surface area contributed by atoms with Gasteiger partial charge in [-0.25, -0.2) is 4.98 Å². The highest BCUT2D eigenvalue weighted by Gasteiger charge is 2.05. The van der Waals surface area contributed by atoms with Crippen LogP contribution in [0.4, 0.5) is 0 Å². The maximum Gasteiger partial charge on any atom is 0.136 e. The summed E-state index contributed by atoms with van der Waals surface area (Å²) < 4.78 is 2.19. The quantitative estimate of drug-likeness (QED) is 0.743. The summed E-state index contributed by atoms with van der Waals surface area (Å²) >= 11 is 0. The summed E-state index contributed by atoms with van der Waals surface area (Å²) in [5.74, 6) is 0.753. The fourth-order valence-electron chi connectivity index (χ4n) is 2.12. The van der Waals surface area contributed by atoms with Crippen molar-refractivity contribution in [2.75, 3.05) is 0 Å². The molecule has 0 fully saturated rings. The molecule has 0 N–H and O–H groups in total. The molecular weight excluding hydrogens is 184 g/mol. The first-order valence-corrected chi connectivity index (χ1v) is 5.72. The molecule has 0 saturated carbocycles. The molecule has 2 nitrogen and oxygen atoms in total. The largest absolute Gasteiger partial charge is 0.304 e. The van der Waals surface area contributed by atoms with Crippen molar-refractivity contribution < 1.29 is 0 Å². The highest BCUT2D eigenvalue weighted by molar-refractivity contribution is 5.39. The Labute approximate surface area is 91.0 Å². The number of hydrogen-bond acceptors (Lipinski definition) is 1. The first kappa shape index (κ1) is 10.2. The fourth-order valence-corrected chi connectivity index (χ4v) is 2.12. The van der Waals surface area contributed by atoms with Crippen LogP contribution in [0.3, 0.4) is 0 Å². The van der Waals surface area contributed by atoms with Crippen LogP contribution in [0.5, 0.6) is 0 Å². The molecule has 2 heteroatoms. The molecular formula is C13H18N2. The van der Waals surface area contributed by atoms with E-state index < -0.39 is 0 Å². The van der Waals surface area contributed by atoms with E-state index in [4.69, 9.17) is 0 Å². The monoisotopic (exact) mass is 202 g/mol. The average Bonchev–Trinajstić information content (AvgIpc) is 2.67. The van der Waals surface area contributed by atoms with Gasteiger partial charge in [0, 0.05) is 18.1 Å². The summed E-state index contributed by atoms with van der Waals surface area (Å²) in [6.45, 7) is 4.56. The van der Waals surface area contributed by atoms with Gasteiger partial charge in [0.05, 0.1) is 0 Å². The molecule has 80 valence electrons. The standard InChI is InChI=1S/C13H18N2/c1-3-5-11(2)10-12-6-4-7-13-14-8-9-15(12)13/h4,6-9,11H,3,5,10H2,1-2H3. The lowest BCUT2D eigenvalue weighted by atomic mass is 10.00. The minimum Gasteiger partial charge on any atom is -0.304 e.